The number of Topliss-reactive ketones (excluding diaryl/α,β-unsaturated/α-hetero) is 1. The zero-order chi connectivity index (χ0) is 16.4. The molecule has 0 spiro atoms. The fourth-order valence-corrected chi connectivity index (χ4v) is 2.36. The number of carbonyl (C=O) groups excluding carboxylic acids is 1. The maximum absolute atomic E-state index is 11.8. The molecule has 0 saturated heterocycles. The summed E-state index contributed by atoms with van der Waals surface area (Å²) >= 11 is 0. The van der Waals surface area contributed by atoms with E-state index in [1.54, 1.807) is 24.3 Å². The molecule has 0 bridgehead atoms. The fourth-order valence-electron chi connectivity index (χ4n) is 2.36. The predicted molar refractivity (Wildman–Crippen MR) is 88.0 cm³/mol. The SMILES string of the molecule is CC(=O)c1cc2ccc(OCc3ccccc3C)cc2oc1=O. The van der Waals surface area contributed by atoms with Gasteiger partial charge in [0, 0.05) is 11.5 Å². The Balaban J connectivity index is 1.88. The van der Waals surface area contributed by atoms with Gasteiger partial charge in [0.25, 0.3) is 0 Å². The Morgan fingerprint density at radius 1 is 1.13 bits per heavy atom. The highest BCUT2D eigenvalue weighted by Crippen LogP contribution is 2.22. The standard InChI is InChI=1S/C19H16O4/c1-12-5-3-4-6-15(12)11-22-16-8-7-14-9-17(13(2)20)19(21)23-18(14)10-16/h3-10H,11H2,1-2H3. The second-order valence-electron chi connectivity index (χ2n) is 5.42. The lowest BCUT2D eigenvalue weighted by atomic mass is 10.1. The van der Waals surface area contributed by atoms with E-state index in [-0.39, 0.29) is 11.3 Å². The summed E-state index contributed by atoms with van der Waals surface area (Å²) in [4.78, 5) is 23.2. The summed E-state index contributed by atoms with van der Waals surface area (Å²) in [6.07, 6.45) is 0. The molecular weight excluding hydrogens is 292 g/mol. The van der Waals surface area contributed by atoms with Crippen molar-refractivity contribution >= 4 is 16.8 Å². The minimum atomic E-state index is -0.624. The summed E-state index contributed by atoms with van der Waals surface area (Å²) in [5.74, 6) is 0.306. The first-order valence-electron chi connectivity index (χ1n) is 7.31. The third kappa shape index (κ3) is 3.16. The smallest absolute Gasteiger partial charge is 0.347 e. The Labute approximate surface area is 133 Å². The molecule has 23 heavy (non-hydrogen) atoms. The fraction of sp³-hybridized carbons (Fsp3) is 0.158. The van der Waals surface area contributed by atoms with Crippen molar-refractivity contribution in [2.75, 3.05) is 0 Å². The molecule has 1 aromatic heterocycles. The van der Waals surface area contributed by atoms with Gasteiger partial charge in [0.2, 0.25) is 0 Å². The minimum Gasteiger partial charge on any atom is -0.489 e. The second kappa shape index (κ2) is 6.08. The molecule has 0 radical (unpaired) electrons. The van der Waals surface area contributed by atoms with E-state index in [4.69, 9.17) is 9.15 Å². The highest BCUT2D eigenvalue weighted by atomic mass is 16.5. The lowest BCUT2D eigenvalue weighted by Crippen LogP contribution is -2.10. The number of aryl methyl sites for hydroxylation is 1. The van der Waals surface area contributed by atoms with E-state index in [0.29, 0.717) is 23.3 Å². The van der Waals surface area contributed by atoms with Crippen LogP contribution in [0.2, 0.25) is 0 Å². The largest absolute Gasteiger partial charge is 0.489 e. The zero-order valence-electron chi connectivity index (χ0n) is 13.0. The first kappa shape index (κ1) is 15.0. The number of carbonyl (C=O) groups is 1. The van der Waals surface area contributed by atoms with Crippen LogP contribution in [0.4, 0.5) is 0 Å². The van der Waals surface area contributed by atoms with Gasteiger partial charge in [0.1, 0.15) is 23.5 Å². The Morgan fingerprint density at radius 3 is 2.65 bits per heavy atom. The summed E-state index contributed by atoms with van der Waals surface area (Å²) in [5, 5.41) is 0.693. The highest BCUT2D eigenvalue weighted by Gasteiger charge is 2.10. The van der Waals surface area contributed by atoms with Gasteiger partial charge in [0.05, 0.1) is 0 Å². The molecule has 4 heteroatoms. The number of fused-ring (bicyclic) bond motifs is 1. The van der Waals surface area contributed by atoms with Crippen LogP contribution in [0.15, 0.2) is 57.7 Å². The van der Waals surface area contributed by atoms with Crippen LogP contribution in [0.3, 0.4) is 0 Å². The van der Waals surface area contributed by atoms with Crippen LogP contribution < -0.4 is 10.4 Å². The van der Waals surface area contributed by atoms with E-state index >= 15 is 0 Å². The monoisotopic (exact) mass is 308 g/mol. The van der Waals surface area contributed by atoms with Crippen LogP contribution in [0.5, 0.6) is 5.75 Å². The van der Waals surface area contributed by atoms with Crippen LogP contribution in [-0.2, 0) is 6.61 Å². The Morgan fingerprint density at radius 2 is 1.91 bits per heavy atom. The van der Waals surface area contributed by atoms with Crippen molar-refractivity contribution in [3.05, 3.63) is 75.6 Å². The van der Waals surface area contributed by atoms with Crippen LogP contribution in [0.25, 0.3) is 11.0 Å². The van der Waals surface area contributed by atoms with Crippen molar-refractivity contribution in [2.45, 2.75) is 20.5 Å². The Hall–Kier alpha value is -2.88. The van der Waals surface area contributed by atoms with Gasteiger partial charge in [-0.25, -0.2) is 4.79 Å². The molecule has 3 aromatic rings. The average Bonchev–Trinajstić information content (AvgIpc) is 2.53. The third-order valence-electron chi connectivity index (χ3n) is 3.74. The van der Waals surface area contributed by atoms with Gasteiger partial charge < -0.3 is 9.15 Å². The van der Waals surface area contributed by atoms with Gasteiger partial charge in [-0.15, -0.1) is 0 Å². The molecule has 4 nitrogen and oxygen atoms in total. The maximum Gasteiger partial charge on any atom is 0.347 e. The van der Waals surface area contributed by atoms with E-state index in [1.807, 2.05) is 31.2 Å². The number of ether oxygens (including phenoxy) is 1. The molecule has 0 saturated carbocycles. The molecule has 3 rings (SSSR count). The van der Waals surface area contributed by atoms with E-state index in [1.165, 1.54) is 6.92 Å². The zero-order valence-corrected chi connectivity index (χ0v) is 13.0. The molecule has 2 aromatic carbocycles. The Kier molecular flexibility index (Phi) is 3.98. The number of rotatable bonds is 4. The first-order chi connectivity index (χ1) is 11.0. The minimum absolute atomic E-state index is 0.0612. The lowest BCUT2D eigenvalue weighted by Gasteiger charge is -2.09. The normalized spacial score (nSPS) is 10.7. The van der Waals surface area contributed by atoms with Gasteiger partial charge >= 0.3 is 5.63 Å². The number of ketones is 1. The van der Waals surface area contributed by atoms with Gasteiger partial charge in [-0.05, 0) is 43.2 Å². The highest BCUT2D eigenvalue weighted by molar-refractivity contribution is 5.96. The van der Waals surface area contributed by atoms with Crippen LogP contribution in [-0.4, -0.2) is 5.78 Å². The quantitative estimate of drug-likeness (QED) is 0.542. The van der Waals surface area contributed by atoms with Crippen molar-refractivity contribution in [1.29, 1.82) is 0 Å². The van der Waals surface area contributed by atoms with Gasteiger partial charge in [-0.1, -0.05) is 24.3 Å². The summed E-state index contributed by atoms with van der Waals surface area (Å²) in [5.41, 5.74) is 2.10. The topological polar surface area (TPSA) is 56.5 Å². The number of hydrogen-bond acceptors (Lipinski definition) is 4. The first-order valence-corrected chi connectivity index (χ1v) is 7.31. The number of hydrogen-bond donors (Lipinski definition) is 0. The molecule has 0 amide bonds. The third-order valence-corrected chi connectivity index (χ3v) is 3.74. The second-order valence-corrected chi connectivity index (χ2v) is 5.42. The van der Waals surface area contributed by atoms with Crippen molar-refractivity contribution in [3.8, 4) is 5.75 Å². The Bertz CT molecular complexity index is 937. The van der Waals surface area contributed by atoms with E-state index in [2.05, 4.69) is 0 Å². The average molecular weight is 308 g/mol. The van der Waals surface area contributed by atoms with Crippen LogP contribution in [0, 0.1) is 6.92 Å². The molecule has 0 atom stereocenters. The molecule has 0 aliphatic heterocycles. The molecule has 0 aliphatic rings. The summed E-state index contributed by atoms with van der Waals surface area (Å²) in [6, 6.07) is 14.8. The molecule has 0 fully saturated rings. The van der Waals surface area contributed by atoms with Crippen molar-refractivity contribution < 1.29 is 13.9 Å². The van der Waals surface area contributed by atoms with Crippen molar-refractivity contribution in [3.63, 3.8) is 0 Å². The van der Waals surface area contributed by atoms with Crippen molar-refractivity contribution in [1.82, 2.24) is 0 Å². The molecule has 0 unspecified atom stereocenters. The van der Waals surface area contributed by atoms with E-state index in [9.17, 15) is 9.59 Å². The maximum atomic E-state index is 11.8. The molecule has 0 aliphatic carbocycles. The van der Waals surface area contributed by atoms with Crippen LogP contribution >= 0.6 is 0 Å². The lowest BCUT2D eigenvalue weighted by molar-refractivity contribution is 0.101. The van der Waals surface area contributed by atoms with Gasteiger partial charge in [0.15, 0.2) is 5.78 Å². The summed E-state index contributed by atoms with van der Waals surface area (Å²) < 4.78 is 11.0. The summed E-state index contributed by atoms with van der Waals surface area (Å²) in [7, 11) is 0. The predicted octanol–water partition coefficient (Wildman–Crippen LogP) is 3.88. The number of benzene rings is 2. The van der Waals surface area contributed by atoms with E-state index in [0.717, 1.165) is 11.1 Å². The molecule has 116 valence electrons. The van der Waals surface area contributed by atoms with Gasteiger partial charge in [-0.2, -0.15) is 0 Å². The molecular formula is C19H16O4. The van der Waals surface area contributed by atoms with Crippen LogP contribution in [0.1, 0.15) is 28.4 Å². The van der Waals surface area contributed by atoms with E-state index < -0.39 is 5.63 Å². The molecule has 0 N–H and O–H groups in total. The summed E-state index contributed by atoms with van der Waals surface area (Å²) in [6.45, 7) is 3.81. The van der Waals surface area contributed by atoms with Crippen molar-refractivity contribution in [2.24, 2.45) is 0 Å². The van der Waals surface area contributed by atoms with Gasteiger partial charge in [-0.3, -0.25) is 4.79 Å². The molecule has 1 heterocycles.